The largest absolute Gasteiger partial charge is 0.487 e. The standard InChI is InChI=1S/C23H22FN3O4S/c24-22-18-11-17(19-7-4-10-25-19)9-8-16(18)12-20(31-14-15-5-2-1-3-6-15)23(22)27-13-21(28)26-32(27,29)30/h1-3,5-6,8-9,11-12,19,25H,4,7,10,13-14H2,(H,26,28). The zero-order valence-corrected chi connectivity index (χ0v) is 18.0. The molecule has 1 unspecified atom stereocenters. The van der Waals surface area contributed by atoms with Crippen LogP contribution < -0.4 is 19.1 Å². The Balaban J connectivity index is 1.63. The number of benzene rings is 3. The summed E-state index contributed by atoms with van der Waals surface area (Å²) in [5.74, 6) is -1.39. The molecule has 1 amide bonds. The molecule has 0 aromatic heterocycles. The molecule has 2 fully saturated rings. The van der Waals surface area contributed by atoms with Crippen LogP contribution in [-0.4, -0.2) is 27.4 Å². The Bertz CT molecular complexity index is 1290. The van der Waals surface area contributed by atoms with E-state index in [9.17, 15) is 13.2 Å². The SMILES string of the molecule is O=C1CN(c2c(OCc3ccccc3)cc3ccc(C4CCCN4)cc3c2F)S(=O)(=O)N1. The quantitative estimate of drug-likeness (QED) is 0.617. The van der Waals surface area contributed by atoms with Gasteiger partial charge in [-0.1, -0.05) is 42.5 Å². The van der Waals surface area contributed by atoms with Crippen LogP contribution in [0.25, 0.3) is 10.8 Å². The van der Waals surface area contributed by atoms with Crippen molar-refractivity contribution in [3.63, 3.8) is 0 Å². The number of halogens is 1. The molecule has 0 radical (unpaired) electrons. The summed E-state index contributed by atoms with van der Waals surface area (Å²) in [6.45, 7) is 0.525. The van der Waals surface area contributed by atoms with Gasteiger partial charge in [0.05, 0.1) is 0 Å². The number of carbonyl (C=O) groups is 1. The Hall–Kier alpha value is -3.17. The molecule has 2 aliphatic heterocycles. The van der Waals surface area contributed by atoms with Crippen LogP contribution >= 0.6 is 0 Å². The molecule has 0 spiro atoms. The van der Waals surface area contributed by atoms with Crippen molar-refractivity contribution in [2.75, 3.05) is 17.4 Å². The van der Waals surface area contributed by atoms with E-state index in [4.69, 9.17) is 4.74 Å². The van der Waals surface area contributed by atoms with Gasteiger partial charge in [0.15, 0.2) is 5.82 Å². The zero-order valence-electron chi connectivity index (χ0n) is 17.2. The number of hydrogen-bond acceptors (Lipinski definition) is 5. The van der Waals surface area contributed by atoms with Crippen molar-refractivity contribution in [3.05, 3.63) is 71.5 Å². The summed E-state index contributed by atoms with van der Waals surface area (Å²) in [5.41, 5.74) is 1.53. The Morgan fingerprint density at radius 2 is 1.94 bits per heavy atom. The Labute approximate surface area is 185 Å². The fraction of sp³-hybridized carbons (Fsp3) is 0.261. The third-order valence-electron chi connectivity index (χ3n) is 5.81. The van der Waals surface area contributed by atoms with E-state index in [1.54, 1.807) is 12.1 Å². The maximum Gasteiger partial charge on any atom is 0.326 e. The van der Waals surface area contributed by atoms with Gasteiger partial charge in [-0.25, -0.2) is 13.4 Å². The van der Waals surface area contributed by atoms with Crippen LogP contribution in [0.15, 0.2) is 54.6 Å². The van der Waals surface area contributed by atoms with Crippen molar-refractivity contribution in [1.29, 1.82) is 0 Å². The average Bonchev–Trinajstić information content (AvgIpc) is 3.40. The molecular formula is C23H22FN3O4S. The number of anilines is 1. The summed E-state index contributed by atoms with van der Waals surface area (Å²) in [6.07, 6.45) is 2.00. The predicted octanol–water partition coefficient (Wildman–Crippen LogP) is 3.16. The number of rotatable bonds is 5. The monoisotopic (exact) mass is 455 g/mol. The van der Waals surface area contributed by atoms with Crippen LogP contribution in [-0.2, 0) is 21.6 Å². The first-order chi connectivity index (χ1) is 15.4. The molecule has 32 heavy (non-hydrogen) atoms. The summed E-state index contributed by atoms with van der Waals surface area (Å²) in [6, 6.07) is 16.6. The Kier molecular flexibility index (Phi) is 5.22. The molecule has 9 heteroatoms. The van der Waals surface area contributed by atoms with E-state index in [0.717, 1.165) is 34.8 Å². The Morgan fingerprint density at radius 1 is 1.12 bits per heavy atom. The molecule has 7 nitrogen and oxygen atoms in total. The van der Waals surface area contributed by atoms with E-state index in [-0.39, 0.29) is 29.5 Å². The van der Waals surface area contributed by atoms with Crippen LogP contribution in [0.3, 0.4) is 0 Å². The van der Waals surface area contributed by atoms with E-state index in [2.05, 4.69) is 5.32 Å². The maximum atomic E-state index is 15.9. The molecule has 2 N–H and O–H groups in total. The van der Waals surface area contributed by atoms with Crippen molar-refractivity contribution >= 4 is 32.6 Å². The second-order valence-electron chi connectivity index (χ2n) is 7.98. The van der Waals surface area contributed by atoms with Crippen LogP contribution in [0.1, 0.15) is 30.0 Å². The minimum absolute atomic E-state index is 0.0608. The lowest BCUT2D eigenvalue weighted by molar-refractivity contribution is -0.117. The molecule has 2 heterocycles. The van der Waals surface area contributed by atoms with Gasteiger partial charge >= 0.3 is 10.2 Å². The highest BCUT2D eigenvalue weighted by Gasteiger charge is 2.38. The molecule has 3 aromatic rings. The van der Waals surface area contributed by atoms with E-state index < -0.39 is 28.5 Å². The van der Waals surface area contributed by atoms with Crippen LogP contribution in [0.5, 0.6) is 5.75 Å². The zero-order chi connectivity index (χ0) is 22.3. The minimum Gasteiger partial charge on any atom is -0.487 e. The number of hydrogen-bond donors (Lipinski definition) is 2. The lowest BCUT2D eigenvalue weighted by Gasteiger charge is -2.21. The van der Waals surface area contributed by atoms with Crippen molar-refractivity contribution < 1.29 is 22.3 Å². The van der Waals surface area contributed by atoms with E-state index in [0.29, 0.717) is 5.39 Å². The maximum absolute atomic E-state index is 15.9. The second kappa shape index (κ2) is 8.07. The summed E-state index contributed by atoms with van der Waals surface area (Å²) in [7, 11) is -4.21. The molecule has 0 aliphatic carbocycles. The van der Waals surface area contributed by atoms with Gasteiger partial charge in [-0.2, -0.15) is 8.42 Å². The summed E-state index contributed by atoms with van der Waals surface area (Å²) >= 11 is 0. The van der Waals surface area contributed by atoms with Crippen molar-refractivity contribution in [3.8, 4) is 5.75 Å². The van der Waals surface area contributed by atoms with Crippen molar-refractivity contribution in [2.24, 2.45) is 0 Å². The molecule has 0 saturated carbocycles. The minimum atomic E-state index is -4.21. The Morgan fingerprint density at radius 3 is 2.62 bits per heavy atom. The lowest BCUT2D eigenvalue weighted by atomic mass is 9.99. The molecular weight excluding hydrogens is 433 g/mol. The molecule has 0 bridgehead atoms. The third-order valence-corrected chi connectivity index (χ3v) is 7.19. The third kappa shape index (κ3) is 3.78. The number of nitrogens with one attached hydrogen (secondary N) is 2. The van der Waals surface area contributed by atoms with Gasteiger partial charge in [0.2, 0.25) is 0 Å². The molecule has 166 valence electrons. The lowest BCUT2D eigenvalue weighted by Crippen LogP contribution is -2.30. The van der Waals surface area contributed by atoms with Gasteiger partial charge in [-0.05, 0) is 48.0 Å². The predicted molar refractivity (Wildman–Crippen MR) is 119 cm³/mol. The number of carbonyl (C=O) groups excluding carboxylic acids is 1. The molecule has 2 saturated heterocycles. The van der Waals surface area contributed by atoms with Gasteiger partial charge in [0, 0.05) is 11.4 Å². The number of ether oxygens (including phenoxy) is 1. The van der Waals surface area contributed by atoms with Crippen LogP contribution in [0.4, 0.5) is 10.1 Å². The summed E-state index contributed by atoms with van der Waals surface area (Å²) < 4.78 is 49.5. The average molecular weight is 456 g/mol. The fourth-order valence-electron chi connectivity index (χ4n) is 4.24. The molecule has 1 atom stereocenters. The topological polar surface area (TPSA) is 87.7 Å². The number of fused-ring (bicyclic) bond motifs is 1. The molecule has 2 aliphatic rings. The van der Waals surface area contributed by atoms with Gasteiger partial charge in [-0.3, -0.25) is 4.79 Å². The fourth-order valence-corrected chi connectivity index (χ4v) is 5.40. The second-order valence-corrected chi connectivity index (χ2v) is 9.57. The number of nitrogens with zero attached hydrogens (tertiary/aromatic N) is 1. The first-order valence-corrected chi connectivity index (χ1v) is 11.9. The molecule has 5 rings (SSSR count). The normalized spacial score (nSPS) is 20.0. The van der Waals surface area contributed by atoms with Gasteiger partial charge in [0.1, 0.15) is 24.6 Å². The molecule has 3 aromatic carbocycles. The van der Waals surface area contributed by atoms with Gasteiger partial charge in [-0.15, -0.1) is 0 Å². The van der Waals surface area contributed by atoms with Crippen LogP contribution in [0, 0.1) is 5.82 Å². The van der Waals surface area contributed by atoms with Crippen molar-refractivity contribution in [1.82, 2.24) is 10.0 Å². The van der Waals surface area contributed by atoms with E-state index in [1.165, 1.54) is 0 Å². The van der Waals surface area contributed by atoms with Crippen LogP contribution in [0.2, 0.25) is 0 Å². The summed E-state index contributed by atoms with van der Waals surface area (Å²) in [4.78, 5) is 11.8. The highest BCUT2D eigenvalue weighted by molar-refractivity contribution is 7.92. The van der Waals surface area contributed by atoms with E-state index >= 15 is 4.39 Å². The summed E-state index contributed by atoms with van der Waals surface area (Å²) in [5, 5.41) is 4.26. The van der Waals surface area contributed by atoms with Gasteiger partial charge < -0.3 is 10.1 Å². The highest BCUT2D eigenvalue weighted by atomic mass is 32.2. The van der Waals surface area contributed by atoms with E-state index in [1.807, 2.05) is 47.2 Å². The number of amides is 1. The highest BCUT2D eigenvalue weighted by Crippen LogP contribution is 2.40. The first kappa shape index (κ1) is 20.7. The smallest absolute Gasteiger partial charge is 0.326 e. The van der Waals surface area contributed by atoms with Gasteiger partial charge in [0.25, 0.3) is 5.91 Å². The first-order valence-electron chi connectivity index (χ1n) is 10.4. The van der Waals surface area contributed by atoms with Crippen molar-refractivity contribution in [2.45, 2.75) is 25.5 Å².